The fraction of sp³-hybridized carbons (Fsp3) is 0.0500. The Bertz CT molecular complexity index is 966. The van der Waals surface area contributed by atoms with Crippen LogP contribution in [0.1, 0.15) is 15.9 Å². The number of ether oxygens (including phenoxy) is 1. The lowest BCUT2D eigenvalue weighted by atomic mass is 9.88. The molecule has 3 heteroatoms. The van der Waals surface area contributed by atoms with Crippen molar-refractivity contribution >= 4 is 22.6 Å². The number of rotatable bonds is 2. The number of carbonyl (C=O) groups excluding carboxylic acids is 1. The molecule has 1 N–H and O–H groups in total. The lowest BCUT2D eigenvalue weighted by molar-refractivity contribution is 0.0981. The van der Waals surface area contributed by atoms with Crippen LogP contribution in [0.5, 0.6) is 5.75 Å². The van der Waals surface area contributed by atoms with Crippen molar-refractivity contribution in [1.82, 2.24) is 0 Å². The molecule has 3 aromatic carbocycles. The van der Waals surface area contributed by atoms with Gasteiger partial charge in [0.2, 0.25) is 5.78 Å². The molecule has 0 aliphatic heterocycles. The lowest BCUT2D eigenvalue weighted by Gasteiger charge is -2.16. The Hall–Kier alpha value is -3.07. The Balaban J connectivity index is 1.97. The van der Waals surface area contributed by atoms with E-state index in [0.717, 1.165) is 33.2 Å². The van der Waals surface area contributed by atoms with Gasteiger partial charge in [-0.15, -0.1) is 0 Å². The minimum atomic E-state index is -0.330. The Morgan fingerprint density at radius 3 is 2.48 bits per heavy atom. The highest BCUT2D eigenvalue weighted by atomic mass is 16.5. The van der Waals surface area contributed by atoms with Crippen LogP contribution in [0.4, 0.5) is 0 Å². The van der Waals surface area contributed by atoms with Gasteiger partial charge in [-0.2, -0.15) is 0 Å². The molecule has 23 heavy (non-hydrogen) atoms. The third-order valence-electron chi connectivity index (χ3n) is 4.20. The van der Waals surface area contributed by atoms with Crippen molar-refractivity contribution < 1.29 is 14.6 Å². The molecule has 0 unspecified atom stereocenters. The second-order valence-corrected chi connectivity index (χ2v) is 5.56. The number of carbonyl (C=O) groups is 1. The first-order chi connectivity index (χ1) is 11.2. The van der Waals surface area contributed by atoms with Crippen LogP contribution in [0.25, 0.3) is 28.0 Å². The standard InChI is InChI=1S/C20H14O3/c1-23-16-7-5-12(6-8-16)15-9-13-3-2-4-14-11-18(21)20(22)17(10-15)19(13)14/h2-11,21H,1H3. The first kappa shape index (κ1) is 13.6. The van der Waals surface area contributed by atoms with Crippen molar-refractivity contribution in [3.63, 3.8) is 0 Å². The smallest absolute Gasteiger partial charge is 0.227 e. The number of hydrogen-bond acceptors (Lipinski definition) is 3. The fourth-order valence-corrected chi connectivity index (χ4v) is 3.06. The van der Waals surface area contributed by atoms with Gasteiger partial charge < -0.3 is 9.84 Å². The van der Waals surface area contributed by atoms with E-state index in [-0.39, 0.29) is 11.5 Å². The van der Waals surface area contributed by atoms with Gasteiger partial charge in [0.25, 0.3) is 0 Å². The zero-order valence-electron chi connectivity index (χ0n) is 12.5. The summed E-state index contributed by atoms with van der Waals surface area (Å²) in [5.41, 5.74) is 3.35. The molecular weight excluding hydrogens is 288 g/mol. The summed E-state index contributed by atoms with van der Waals surface area (Å²) in [6, 6.07) is 17.4. The summed E-state index contributed by atoms with van der Waals surface area (Å²) in [7, 11) is 1.63. The van der Waals surface area contributed by atoms with Gasteiger partial charge >= 0.3 is 0 Å². The molecule has 0 bridgehead atoms. The first-order valence-corrected chi connectivity index (χ1v) is 7.34. The molecular formula is C20H14O3. The maximum Gasteiger partial charge on any atom is 0.227 e. The van der Waals surface area contributed by atoms with Crippen molar-refractivity contribution in [3.8, 4) is 16.9 Å². The molecule has 0 saturated carbocycles. The van der Waals surface area contributed by atoms with Crippen molar-refractivity contribution in [1.29, 1.82) is 0 Å². The average molecular weight is 302 g/mol. The van der Waals surface area contributed by atoms with Gasteiger partial charge in [0.05, 0.1) is 7.11 Å². The Kier molecular flexibility index (Phi) is 2.95. The van der Waals surface area contributed by atoms with Gasteiger partial charge in [-0.1, -0.05) is 30.3 Å². The molecule has 1 aliphatic rings. The van der Waals surface area contributed by atoms with E-state index >= 15 is 0 Å². The number of methoxy groups -OCH3 is 1. The summed E-state index contributed by atoms with van der Waals surface area (Å²) in [6.07, 6.45) is 1.53. The van der Waals surface area contributed by atoms with Crippen LogP contribution in [0.3, 0.4) is 0 Å². The number of hydrogen-bond donors (Lipinski definition) is 1. The van der Waals surface area contributed by atoms with Gasteiger partial charge in [-0.3, -0.25) is 4.79 Å². The van der Waals surface area contributed by atoms with Crippen molar-refractivity contribution in [2.24, 2.45) is 0 Å². The summed E-state index contributed by atoms with van der Waals surface area (Å²) in [6.45, 7) is 0. The van der Waals surface area contributed by atoms with E-state index in [1.807, 2.05) is 48.5 Å². The van der Waals surface area contributed by atoms with Gasteiger partial charge in [-0.25, -0.2) is 0 Å². The largest absolute Gasteiger partial charge is 0.504 e. The maximum atomic E-state index is 12.3. The van der Waals surface area contributed by atoms with Crippen molar-refractivity contribution in [2.75, 3.05) is 7.11 Å². The topological polar surface area (TPSA) is 46.5 Å². The van der Waals surface area contributed by atoms with Gasteiger partial charge in [0, 0.05) is 10.9 Å². The highest BCUT2D eigenvalue weighted by Gasteiger charge is 2.22. The minimum Gasteiger partial charge on any atom is -0.504 e. The Morgan fingerprint density at radius 2 is 1.74 bits per heavy atom. The average Bonchev–Trinajstić information content (AvgIpc) is 2.59. The summed E-state index contributed by atoms with van der Waals surface area (Å²) < 4.78 is 5.18. The molecule has 0 heterocycles. The third kappa shape index (κ3) is 2.09. The Morgan fingerprint density at radius 1 is 0.957 bits per heavy atom. The first-order valence-electron chi connectivity index (χ1n) is 7.34. The van der Waals surface area contributed by atoms with Crippen LogP contribution in [0, 0.1) is 0 Å². The predicted octanol–water partition coefficient (Wildman–Crippen LogP) is 4.61. The van der Waals surface area contributed by atoms with E-state index in [1.54, 1.807) is 7.11 Å². The summed E-state index contributed by atoms with van der Waals surface area (Å²) in [4.78, 5) is 12.3. The van der Waals surface area contributed by atoms with E-state index in [0.29, 0.717) is 5.56 Å². The molecule has 0 spiro atoms. The quantitative estimate of drug-likeness (QED) is 0.752. The zero-order chi connectivity index (χ0) is 16.0. The van der Waals surface area contributed by atoms with Crippen LogP contribution in [0.2, 0.25) is 0 Å². The lowest BCUT2D eigenvalue weighted by Crippen LogP contribution is -2.08. The number of aliphatic hydroxyl groups is 1. The van der Waals surface area contributed by atoms with E-state index in [2.05, 4.69) is 6.07 Å². The SMILES string of the molecule is COc1ccc(-c2cc3c4c(cccc4c2)C=C(O)C3=O)cc1. The number of benzene rings is 3. The second-order valence-electron chi connectivity index (χ2n) is 5.56. The third-order valence-corrected chi connectivity index (χ3v) is 4.20. The molecule has 1 aliphatic carbocycles. The normalized spacial score (nSPS) is 13.1. The van der Waals surface area contributed by atoms with Gasteiger partial charge in [-0.05, 0) is 52.4 Å². The van der Waals surface area contributed by atoms with Crippen LogP contribution in [-0.2, 0) is 0 Å². The van der Waals surface area contributed by atoms with Crippen LogP contribution < -0.4 is 4.74 Å². The molecule has 0 radical (unpaired) electrons. The number of allylic oxidation sites excluding steroid dienone is 1. The highest BCUT2D eigenvalue weighted by Crippen LogP contribution is 2.35. The molecule has 0 aromatic heterocycles. The minimum absolute atomic E-state index is 0.211. The Labute approximate surface area is 133 Å². The van der Waals surface area contributed by atoms with Crippen molar-refractivity contribution in [2.45, 2.75) is 0 Å². The fourth-order valence-electron chi connectivity index (χ4n) is 3.06. The van der Waals surface area contributed by atoms with Gasteiger partial charge in [0.1, 0.15) is 5.75 Å². The summed E-state index contributed by atoms with van der Waals surface area (Å²) in [5, 5.41) is 11.8. The molecule has 0 atom stereocenters. The molecule has 4 rings (SSSR count). The number of Topliss-reactive ketones (excluding diaryl/α,β-unsaturated/α-hetero) is 1. The van der Waals surface area contributed by atoms with Crippen LogP contribution in [0.15, 0.2) is 60.4 Å². The van der Waals surface area contributed by atoms with E-state index in [1.165, 1.54) is 6.08 Å². The van der Waals surface area contributed by atoms with Crippen LogP contribution >= 0.6 is 0 Å². The maximum absolute atomic E-state index is 12.3. The summed E-state index contributed by atoms with van der Waals surface area (Å²) in [5.74, 6) is 0.246. The molecule has 3 aromatic rings. The van der Waals surface area contributed by atoms with E-state index < -0.39 is 0 Å². The zero-order valence-corrected chi connectivity index (χ0v) is 12.5. The van der Waals surface area contributed by atoms with Gasteiger partial charge in [0.15, 0.2) is 5.76 Å². The molecule has 0 amide bonds. The monoisotopic (exact) mass is 302 g/mol. The van der Waals surface area contributed by atoms with E-state index in [4.69, 9.17) is 4.74 Å². The number of aliphatic hydroxyl groups excluding tert-OH is 1. The molecule has 0 saturated heterocycles. The molecule has 112 valence electrons. The van der Waals surface area contributed by atoms with Crippen LogP contribution in [-0.4, -0.2) is 18.0 Å². The summed E-state index contributed by atoms with van der Waals surface area (Å²) >= 11 is 0. The molecule has 0 fully saturated rings. The van der Waals surface area contributed by atoms with Crippen molar-refractivity contribution in [3.05, 3.63) is 71.5 Å². The predicted molar refractivity (Wildman–Crippen MR) is 90.9 cm³/mol. The van der Waals surface area contributed by atoms with E-state index in [9.17, 15) is 9.90 Å². The number of ketones is 1. The molecule has 3 nitrogen and oxygen atoms in total. The highest BCUT2D eigenvalue weighted by molar-refractivity contribution is 6.22. The second kappa shape index (κ2) is 4.99.